The van der Waals surface area contributed by atoms with E-state index in [9.17, 15) is 4.79 Å². The van der Waals surface area contributed by atoms with Crippen LogP contribution < -0.4 is 0 Å². The Morgan fingerprint density at radius 1 is 0.941 bits per heavy atom. The molecule has 17 heavy (non-hydrogen) atoms. The van der Waals surface area contributed by atoms with Crippen LogP contribution in [-0.2, 0) is 6.42 Å². The predicted molar refractivity (Wildman–Crippen MR) is 67.1 cm³/mol. The third kappa shape index (κ3) is 2.80. The number of aliphatic hydroxyl groups is 1. The van der Waals surface area contributed by atoms with Crippen LogP contribution in [0.5, 0.6) is 0 Å². The molecule has 0 unspecified atom stereocenters. The number of ketones is 1. The SMILES string of the molecule is O=C(c1ccccc1)c1cccc(CCO)c1. The summed E-state index contributed by atoms with van der Waals surface area (Å²) in [7, 11) is 0. The van der Waals surface area contributed by atoms with Crippen molar-refractivity contribution in [1.29, 1.82) is 0 Å². The zero-order valence-corrected chi connectivity index (χ0v) is 9.47. The molecular weight excluding hydrogens is 212 g/mol. The average Bonchev–Trinajstić information content (AvgIpc) is 2.40. The Balaban J connectivity index is 2.28. The van der Waals surface area contributed by atoms with Gasteiger partial charge in [0.2, 0.25) is 0 Å². The molecule has 2 nitrogen and oxygen atoms in total. The first-order valence-corrected chi connectivity index (χ1v) is 5.61. The highest BCUT2D eigenvalue weighted by atomic mass is 16.2. The molecule has 0 fully saturated rings. The quantitative estimate of drug-likeness (QED) is 0.813. The summed E-state index contributed by atoms with van der Waals surface area (Å²) in [5.74, 6) is 0.0189. The van der Waals surface area contributed by atoms with Gasteiger partial charge in [-0.05, 0) is 18.1 Å². The van der Waals surface area contributed by atoms with E-state index in [2.05, 4.69) is 0 Å². The fourth-order valence-corrected chi connectivity index (χ4v) is 1.75. The highest BCUT2D eigenvalue weighted by Crippen LogP contribution is 2.12. The molecule has 0 bridgehead atoms. The Morgan fingerprint density at radius 3 is 2.35 bits per heavy atom. The molecule has 0 saturated heterocycles. The molecule has 0 radical (unpaired) electrons. The number of hydrogen-bond acceptors (Lipinski definition) is 2. The van der Waals surface area contributed by atoms with Gasteiger partial charge >= 0.3 is 0 Å². The monoisotopic (exact) mass is 226 g/mol. The van der Waals surface area contributed by atoms with E-state index in [0.717, 1.165) is 5.56 Å². The van der Waals surface area contributed by atoms with Crippen LogP contribution in [0.1, 0.15) is 21.5 Å². The number of benzene rings is 2. The molecule has 2 rings (SSSR count). The molecule has 1 N–H and O–H groups in total. The second kappa shape index (κ2) is 5.41. The molecular formula is C15H14O2. The van der Waals surface area contributed by atoms with Gasteiger partial charge in [0.25, 0.3) is 0 Å². The molecule has 0 atom stereocenters. The first kappa shape index (κ1) is 11.6. The van der Waals surface area contributed by atoms with Crippen LogP contribution in [0.4, 0.5) is 0 Å². The zero-order valence-electron chi connectivity index (χ0n) is 9.47. The lowest BCUT2D eigenvalue weighted by molar-refractivity contribution is 0.103. The molecule has 2 heteroatoms. The topological polar surface area (TPSA) is 37.3 Å². The van der Waals surface area contributed by atoms with Crippen LogP contribution >= 0.6 is 0 Å². The van der Waals surface area contributed by atoms with Crippen molar-refractivity contribution in [2.45, 2.75) is 6.42 Å². The molecule has 0 heterocycles. The van der Waals surface area contributed by atoms with Gasteiger partial charge in [0.15, 0.2) is 5.78 Å². The molecule has 0 aliphatic heterocycles. The Hall–Kier alpha value is -1.93. The fraction of sp³-hybridized carbons (Fsp3) is 0.133. The van der Waals surface area contributed by atoms with Gasteiger partial charge in [0, 0.05) is 17.7 Å². The van der Waals surface area contributed by atoms with Crippen molar-refractivity contribution in [1.82, 2.24) is 0 Å². The third-order valence-corrected chi connectivity index (χ3v) is 2.63. The molecule has 0 aliphatic rings. The standard InChI is InChI=1S/C15H14O2/c16-10-9-12-5-4-8-14(11-12)15(17)13-6-2-1-3-7-13/h1-8,11,16H,9-10H2. The summed E-state index contributed by atoms with van der Waals surface area (Å²) in [5.41, 5.74) is 2.34. The van der Waals surface area contributed by atoms with E-state index >= 15 is 0 Å². The molecule has 0 spiro atoms. The number of carbonyl (C=O) groups excluding carboxylic acids is 1. The Bertz CT molecular complexity index is 503. The van der Waals surface area contributed by atoms with Crippen LogP contribution in [0.2, 0.25) is 0 Å². The Kier molecular flexibility index (Phi) is 3.68. The minimum Gasteiger partial charge on any atom is -0.396 e. The second-order valence-electron chi connectivity index (χ2n) is 3.87. The zero-order chi connectivity index (χ0) is 12.1. The normalized spacial score (nSPS) is 10.2. The first-order chi connectivity index (χ1) is 8.31. The summed E-state index contributed by atoms with van der Waals surface area (Å²) in [6.45, 7) is 0.100. The fourth-order valence-electron chi connectivity index (χ4n) is 1.75. The van der Waals surface area contributed by atoms with Gasteiger partial charge in [-0.1, -0.05) is 48.5 Å². The van der Waals surface area contributed by atoms with E-state index in [-0.39, 0.29) is 12.4 Å². The lowest BCUT2D eigenvalue weighted by atomic mass is 10.0. The maximum atomic E-state index is 12.1. The minimum absolute atomic E-state index is 0.0189. The van der Waals surface area contributed by atoms with Gasteiger partial charge in [-0.2, -0.15) is 0 Å². The molecule has 86 valence electrons. The first-order valence-electron chi connectivity index (χ1n) is 5.61. The van der Waals surface area contributed by atoms with Crippen LogP contribution in [-0.4, -0.2) is 17.5 Å². The minimum atomic E-state index is 0.0189. The molecule has 0 amide bonds. The van der Waals surface area contributed by atoms with Gasteiger partial charge in [-0.25, -0.2) is 0 Å². The van der Waals surface area contributed by atoms with Gasteiger partial charge in [-0.15, -0.1) is 0 Å². The maximum Gasteiger partial charge on any atom is 0.193 e. The Morgan fingerprint density at radius 2 is 1.65 bits per heavy atom. The highest BCUT2D eigenvalue weighted by molar-refractivity contribution is 6.09. The van der Waals surface area contributed by atoms with E-state index in [1.165, 1.54) is 0 Å². The van der Waals surface area contributed by atoms with Crippen LogP contribution in [0, 0.1) is 0 Å². The van der Waals surface area contributed by atoms with Crippen LogP contribution in [0.25, 0.3) is 0 Å². The summed E-state index contributed by atoms with van der Waals surface area (Å²) in [6.07, 6.45) is 0.579. The van der Waals surface area contributed by atoms with Crippen molar-refractivity contribution in [3.63, 3.8) is 0 Å². The van der Waals surface area contributed by atoms with E-state index in [4.69, 9.17) is 5.11 Å². The summed E-state index contributed by atoms with van der Waals surface area (Å²) in [4.78, 5) is 12.1. The third-order valence-electron chi connectivity index (χ3n) is 2.63. The molecule has 0 aromatic heterocycles. The predicted octanol–water partition coefficient (Wildman–Crippen LogP) is 2.45. The molecule has 2 aromatic carbocycles. The van der Waals surface area contributed by atoms with Gasteiger partial charge in [0.1, 0.15) is 0 Å². The second-order valence-corrected chi connectivity index (χ2v) is 3.87. The lowest BCUT2D eigenvalue weighted by Gasteiger charge is -2.03. The van der Waals surface area contributed by atoms with Crippen molar-refractivity contribution in [3.05, 3.63) is 71.3 Å². The number of carbonyl (C=O) groups is 1. The number of hydrogen-bond donors (Lipinski definition) is 1. The largest absolute Gasteiger partial charge is 0.396 e. The van der Waals surface area contributed by atoms with E-state index in [1.807, 2.05) is 36.4 Å². The summed E-state index contributed by atoms with van der Waals surface area (Å²) < 4.78 is 0. The van der Waals surface area contributed by atoms with Crippen LogP contribution in [0.15, 0.2) is 54.6 Å². The Labute approximate surface area is 101 Å². The highest BCUT2D eigenvalue weighted by Gasteiger charge is 2.08. The van der Waals surface area contributed by atoms with Gasteiger partial charge in [0.05, 0.1) is 0 Å². The number of aliphatic hydroxyl groups excluding tert-OH is 1. The van der Waals surface area contributed by atoms with Crippen molar-refractivity contribution in [2.75, 3.05) is 6.61 Å². The molecule has 2 aromatic rings. The van der Waals surface area contributed by atoms with E-state index in [1.54, 1.807) is 18.2 Å². The van der Waals surface area contributed by atoms with E-state index < -0.39 is 0 Å². The van der Waals surface area contributed by atoms with Crippen molar-refractivity contribution >= 4 is 5.78 Å². The summed E-state index contributed by atoms with van der Waals surface area (Å²) >= 11 is 0. The summed E-state index contributed by atoms with van der Waals surface area (Å²) in [5, 5.41) is 8.88. The van der Waals surface area contributed by atoms with Crippen LogP contribution in [0.3, 0.4) is 0 Å². The maximum absolute atomic E-state index is 12.1. The summed E-state index contributed by atoms with van der Waals surface area (Å²) in [6, 6.07) is 16.6. The smallest absolute Gasteiger partial charge is 0.193 e. The molecule has 0 aliphatic carbocycles. The van der Waals surface area contributed by atoms with Crippen molar-refractivity contribution in [2.24, 2.45) is 0 Å². The molecule has 0 saturated carbocycles. The van der Waals surface area contributed by atoms with Gasteiger partial charge < -0.3 is 5.11 Å². The average molecular weight is 226 g/mol. The van der Waals surface area contributed by atoms with E-state index in [0.29, 0.717) is 17.5 Å². The van der Waals surface area contributed by atoms with Crippen molar-refractivity contribution < 1.29 is 9.90 Å². The lowest BCUT2D eigenvalue weighted by Crippen LogP contribution is -2.02. The number of rotatable bonds is 4. The van der Waals surface area contributed by atoms with Crippen molar-refractivity contribution in [3.8, 4) is 0 Å². The van der Waals surface area contributed by atoms with Gasteiger partial charge in [-0.3, -0.25) is 4.79 Å².